The number of carbonyl (C=O) groups excluding carboxylic acids is 3. The van der Waals surface area contributed by atoms with Crippen LogP contribution < -0.4 is 16.4 Å². The third-order valence-electron chi connectivity index (χ3n) is 5.67. The van der Waals surface area contributed by atoms with Crippen molar-refractivity contribution in [3.8, 4) is 0 Å². The Hall–Kier alpha value is -2.69. The Morgan fingerprint density at radius 1 is 1.09 bits per heavy atom. The molecule has 11 heteroatoms. The third-order valence-corrected chi connectivity index (χ3v) is 5.67. The first-order valence-corrected chi connectivity index (χ1v) is 11.0. The minimum Gasteiger partial charge on any atom is -0.481 e. The summed E-state index contributed by atoms with van der Waals surface area (Å²) in [6.45, 7) is 7.81. The molecule has 11 nitrogen and oxygen atoms in total. The lowest BCUT2D eigenvalue weighted by Gasteiger charge is -2.30. The summed E-state index contributed by atoms with van der Waals surface area (Å²) >= 11 is 0. The Bertz CT molecular complexity index is 712. The number of nitrogens with one attached hydrogen (secondary N) is 2. The second-order valence-corrected chi connectivity index (χ2v) is 8.79. The van der Waals surface area contributed by atoms with Gasteiger partial charge in [0.2, 0.25) is 17.7 Å². The van der Waals surface area contributed by atoms with Gasteiger partial charge in [0.1, 0.15) is 18.1 Å². The summed E-state index contributed by atoms with van der Waals surface area (Å²) in [4.78, 5) is 62.1. The van der Waals surface area contributed by atoms with E-state index in [9.17, 15) is 29.1 Å². The fourth-order valence-electron chi connectivity index (χ4n) is 3.71. The topological polar surface area (TPSA) is 179 Å². The number of amides is 3. The van der Waals surface area contributed by atoms with Crippen LogP contribution in [0.1, 0.15) is 59.8 Å². The summed E-state index contributed by atoms with van der Waals surface area (Å²) in [5, 5.41) is 22.9. The highest BCUT2D eigenvalue weighted by Crippen LogP contribution is 2.21. The second-order valence-electron chi connectivity index (χ2n) is 8.79. The van der Waals surface area contributed by atoms with Crippen molar-refractivity contribution >= 4 is 29.7 Å². The van der Waals surface area contributed by atoms with Gasteiger partial charge in [0.05, 0.1) is 12.5 Å². The van der Waals surface area contributed by atoms with E-state index in [4.69, 9.17) is 10.8 Å². The lowest BCUT2D eigenvalue weighted by molar-refractivity contribution is -0.147. The minimum absolute atomic E-state index is 0.218. The standard InChI is InChI=1S/C21H36N4O7/c1-5-12(4)17(19(29)23-14(21(31)32)10-16(26)27)24-18(28)15-7-6-8-25(15)20(30)13(22)9-11(2)3/h11-15,17H,5-10,22H2,1-4H3,(H,23,29)(H,24,28)(H,26,27)(H,31,32). The molecule has 182 valence electrons. The predicted octanol–water partition coefficient (Wildman–Crippen LogP) is -0.0742. The number of rotatable bonds is 12. The Labute approximate surface area is 188 Å². The van der Waals surface area contributed by atoms with Crippen molar-refractivity contribution in [1.29, 1.82) is 0 Å². The zero-order valence-corrected chi connectivity index (χ0v) is 19.2. The summed E-state index contributed by atoms with van der Waals surface area (Å²) in [6, 6.07) is -4.19. The van der Waals surface area contributed by atoms with Gasteiger partial charge < -0.3 is 31.5 Å². The first kappa shape index (κ1) is 27.3. The monoisotopic (exact) mass is 456 g/mol. The number of carbonyl (C=O) groups is 5. The molecule has 1 aliphatic heterocycles. The van der Waals surface area contributed by atoms with E-state index in [1.165, 1.54) is 4.90 Å². The molecule has 0 aromatic heterocycles. The number of nitrogens with zero attached hydrogens (tertiary/aromatic N) is 1. The van der Waals surface area contributed by atoms with Crippen LogP contribution in [0, 0.1) is 11.8 Å². The number of carboxylic acid groups (broad SMARTS) is 2. The van der Waals surface area contributed by atoms with Crippen LogP contribution in [0.2, 0.25) is 0 Å². The number of likely N-dealkylation sites (tertiary alicyclic amines) is 1. The molecular weight excluding hydrogens is 420 g/mol. The molecule has 6 N–H and O–H groups in total. The van der Waals surface area contributed by atoms with Gasteiger partial charge in [-0.15, -0.1) is 0 Å². The van der Waals surface area contributed by atoms with Gasteiger partial charge in [-0.05, 0) is 31.1 Å². The third kappa shape index (κ3) is 7.77. The average molecular weight is 457 g/mol. The average Bonchev–Trinajstić information content (AvgIpc) is 3.18. The van der Waals surface area contributed by atoms with Crippen LogP contribution in [0.4, 0.5) is 0 Å². The molecule has 0 aliphatic carbocycles. The molecule has 5 unspecified atom stereocenters. The molecular formula is C21H36N4O7. The zero-order chi connectivity index (χ0) is 24.6. The van der Waals surface area contributed by atoms with E-state index >= 15 is 0 Å². The van der Waals surface area contributed by atoms with Crippen LogP contribution in [0.15, 0.2) is 0 Å². The van der Waals surface area contributed by atoms with E-state index in [-0.39, 0.29) is 17.7 Å². The number of carboxylic acids is 2. The normalized spacial score (nSPS) is 19.7. The van der Waals surface area contributed by atoms with Crippen LogP contribution in [0.3, 0.4) is 0 Å². The zero-order valence-electron chi connectivity index (χ0n) is 19.2. The van der Waals surface area contributed by atoms with Gasteiger partial charge in [-0.1, -0.05) is 34.1 Å². The smallest absolute Gasteiger partial charge is 0.326 e. The summed E-state index contributed by atoms with van der Waals surface area (Å²) in [5.41, 5.74) is 6.01. The van der Waals surface area contributed by atoms with Crippen molar-refractivity contribution in [3.63, 3.8) is 0 Å². The molecule has 1 saturated heterocycles. The van der Waals surface area contributed by atoms with Gasteiger partial charge in [0.15, 0.2) is 0 Å². The molecule has 1 aliphatic rings. The van der Waals surface area contributed by atoms with Crippen molar-refractivity contribution in [2.24, 2.45) is 17.6 Å². The van der Waals surface area contributed by atoms with Crippen molar-refractivity contribution < 1.29 is 34.2 Å². The van der Waals surface area contributed by atoms with Gasteiger partial charge in [-0.2, -0.15) is 0 Å². The molecule has 3 amide bonds. The molecule has 0 radical (unpaired) electrons. The van der Waals surface area contributed by atoms with Crippen molar-refractivity contribution in [3.05, 3.63) is 0 Å². The van der Waals surface area contributed by atoms with E-state index in [2.05, 4.69) is 10.6 Å². The SMILES string of the molecule is CCC(C)C(NC(=O)C1CCCN1C(=O)C(N)CC(C)C)C(=O)NC(CC(=O)O)C(=O)O. The maximum atomic E-state index is 13.0. The quantitative estimate of drug-likeness (QED) is 0.270. The summed E-state index contributed by atoms with van der Waals surface area (Å²) < 4.78 is 0. The summed E-state index contributed by atoms with van der Waals surface area (Å²) in [6.07, 6.45) is 1.25. The molecule has 0 aromatic carbocycles. The maximum Gasteiger partial charge on any atom is 0.326 e. The molecule has 32 heavy (non-hydrogen) atoms. The molecule has 0 saturated carbocycles. The lowest BCUT2D eigenvalue weighted by Crippen LogP contribution is -2.58. The fraction of sp³-hybridized carbons (Fsp3) is 0.762. The van der Waals surface area contributed by atoms with Crippen LogP contribution in [-0.2, 0) is 24.0 Å². The van der Waals surface area contributed by atoms with Crippen LogP contribution in [0.5, 0.6) is 0 Å². The lowest BCUT2D eigenvalue weighted by atomic mass is 9.97. The predicted molar refractivity (Wildman–Crippen MR) is 115 cm³/mol. The van der Waals surface area contributed by atoms with Gasteiger partial charge >= 0.3 is 11.9 Å². The molecule has 5 atom stereocenters. The Kier molecular flexibility index (Phi) is 10.6. The molecule has 0 bridgehead atoms. The number of nitrogens with two attached hydrogens (primary N) is 1. The van der Waals surface area contributed by atoms with E-state index in [1.807, 2.05) is 13.8 Å². The number of hydrogen-bond donors (Lipinski definition) is 5. The van der Waals surface area contributed by atoms with Crippen molar-refractivity contribution in [2.75, 3.05) is 6.54 Å². The highest BCUT2D eigenvalue weighted by molar-refractivity contribution is 5.95. The number of aliphatic carboxylic acids is 2. The summed E-state index contributed by atoms with van der Waals surface area (Å²) in [7, 11) is 0. The molecule has 1 heterocycles. The first-order valence-electron chi connectivity index (χ1n) is 11.0. The molecule has 0 spiro atoms. The van der Waals surface area contributed by atoms with Gasteiger partial charge in [-0.25, -0.2) is 4.79 Å². The van der Waals surface area contributed by atoms with Gasteiger partial charge in [0, 0.05) is 6.54 Å². The van der Waals surface area contributed by atoms with Gasteiger partial charge in [-0.3, -0.25) is 19.2 Å². The minimum atomic E-state index is -1.62. The molecule has 0 aromatic rings. The molecule has 1 fully saturated rings. The van der Waals surface area contributed by atoms with Crippen LogP contribution in [0.25, 0.3) is 0 Å². The Morgan fingerprint density at radius 2 is 1.72 bits per heavy atom. The largest absolute Gasteiger partial charge is 0.481 e. The van der Waals surface area contributed by atoms with Crippen molar-refractivity contribution in [1.82, 2.24) is 15.5 Å². The van der Waals surface area contributed by atoms with E-state index in [1.54, 1.807) is 13.8 Å². The molecule has 1 rings (SSSR count). The maximum absolute atomic E-state index is 13.0. The summed E-state index contributed by atoms with van der Waals surface area (Å²) in [5.74, 6) is -4.61. The highest BCUT2D eigenvalue weighted by Gasteiger charge is 2.39. The van der Waals surface area contributed by atoms with Crippen LogP contribution in [-0.4, -0.2) is 75.5 Å². The fourth-order valence-corrected chi connectivity index (χ4v) is 3.71. The van der Waals surface area contributed by atoms with Gasteiger partial charge in [0.25, 0.3) is 0 Å². The number of hydrogen-bond acceptors (Lipinski definition) is 6. The highest BCUT2D eigenvalue weighted by atomic mass is 16.4. The Balaban J connectivity index is 2.95. The van der Waals surface area contributed by atoms with E-state index < -0.39 is 54.3 Å². The van der Waals surface area contributed by atoms with Crippen LogP contribution >= 0.6 is 0 Å². The van der Waals surface area contributed by atoms with E-state index in [0.717, 1.165) is 0 Å². The van der Waals surface area contributed by atoms with Crippen molar-refractivity contribution in [2.45, 2.75) is 84.0 Å². The second kappa shape index (κ2) is 12.4. The first-order chi connectivity index (χ1) is 14.9. The Morgan fingerprint density at radius 3 is 2.22 bits per heavy atom. The van der Waals surface area contributed by atoms with E-state index in [0.29, 0.717) is 32.2 Å².